The zero-order chi connectivity index (χ0) is 13.9. The van der Waals surface area contributed by atoms with Gasteiger partial charge < -0.3 is 10.6 Å². The molecule has 3 aliphatic heterocycles. The van der Waals surface area contributed by atoms with Gasteiger partial charge in [-0.15, -0.1) is 0 Å². The summed E-state index contributed by atoms with van der Waals surface area (Å²) in [6, 6.07) is 1.25. The number of nitrogens with one attached hydrogen (secondary N) is 4. The molecule has 0 aliphatic carbocycles. The highest BCUT2D eigenvalue weighted by atomic mass is 15.4. The topological polar surface area (TPSA) is 48.1 Å². The van der Waals surface area contributed by atoms with Crippen molar-refractivity contribution in [2.45, 2.75) is 38.0 Å². The minimum absolute atomic E-state index is 0.211. The summed E-state index contributed by atoms with van der Waals surface area (Å²) in [5.41, 5.74) is 9.21. The van der Waals surface area contributed by atoms with Crippen molar-refractivity contribution in [3.63, 3.8) is 0 Å². The second-order valence-corrected chi connectivity index (χ2v) is 5.55. The predicted octanol–water partition coefficient (Wildman–Crippen LogP) is 1.25. The van der Waals surface area contributed by atoms with Crippen molar-refractivity contribution >= 4 is 0 Å². The molecule has 0 spiro atoms. The van der Waals surface area contributed by atoms with Crippen LogP contribution in [0.5, 0.6) is 0 Å². The van der Waals surface area contributed by atoms with Crippen LogP contribution in [0.25, 0.3) is 0 Å². The Morgan fingerprint density at radius 2 is 1.15 bits per heavy atom. The number of hydrogen-bond acceptors (Lipinski definition) is 4. The van der Waals surface area contributed by atoms with Crippen LogP contribution in [0.4, 0.5) is 0 Å². The molecule has 0 aromatic heterocycles. The van der Waals surface area contributed by atoms with E-state index in [0.29, 0.717) is 12.1 Å². The first-order chi connectivity index (χ1) is 9.72. The molecule has 0 saturated carbocycles. The molecule has 0 radical (unpaired) electrons. The summed E-state index contributed by atoms with van der Waals surface area (Å²) in [6.07, 6.45) is 17.3. The van der Waals surface area contributed by atoms with Crippen molar-refractivity contribution in [1.82, 2.24) is 21.5 Å². The second-order valence-electron chi connectivity index (χ2n) is 5.55. The molecule has 106 valence electrons. The van der Waals surface area contributed by atoms with Gasteiger partial charge in [0.1, 0.15) is 0 Å². The summed E-state index contributed by atoms with van der Waals surface area (Å²) in [7, 11) is 0. The van der Waals surface area contributed by atoms with E-state index in [2.05, 4.69) is 84.2 Å². The van der Waals surface area contributed by atoms with Crippen molar-refractivity contribution in [2.75, 3.05) is 0 Å². The van der Waals surface area contributed by atoms with Gasteiger partial charge in [-0.25, -0.2) is 10.9 Å². The van der Waals surface area contributed by atoms with Gasteiger partial charge in [-0.1, -0.05) is 36.5 Å². The van der Waals surface area contributed by atoms with Crippen LogP contribution in [0, 0.1) is 0 Å². The zero-order valence-corrected chi connectivity index (χ0v) is 11.9. The molecule has 4 atom stereocenters. The highest BCUT2D eigenvalue weighted by Gasteiger charge is 2.20. The Bertz CT molecular complexity index is 467. The molecule has 0 saturated heterocycles. The Morgan fingerprint density at radius 3 is 1.45 bits per heavy atom. The Labute approximate surface area is 120 Å². The summed E-state index contributed by atoms with van der Waals surface area (Å²) >= 11 is 0. The number of dihydropyridines is 2. The smallest absolute Gasteiger partial charge is 0.0658 e. The first-order valence-corrected chi connectivity index (χ1v) is 7.20. The van der Waals surface area contributed by atoms with Crippen molar-refractivity contribution < 1.29 is 0 Å². The molecule has 4 nitrogen and oxygen atoms in total. The molecule has 4 unspecified atom stereocenters. The van der Waals surface area contributed by atoms with Gasteiger partial charge in [0.2, 0.25) is 0 Å². The Hall–Kier alpha value is -1.78. The molecule has 3 rings (SSSR count). The van der Waals surface area contributed by atoms with E-state index >= 15 is 0 Å². The third kappa shape index (κ3) is 2.86. The third-order valence-corrected chi connectivity index (χ3v) is 3.79. The first kappa shape index (κ1) is 13.2. The SMILES string of the molecule is CC1C=CC(C2C=CC(C3=CNC(C)C=C3)NN2)=CN1. The van der Waals surface area contributed by atoms with E-state index in [1.54, 1.807) is 0 Å². The van der Waals surface area contributed by atoms with E-state index in [0.717, 1.165) is 0 Å². The molecule has 3 heterocycles. The fourth-order valence-electron chi connectivity index (χ4n) is 2.45. The minimum Gasteiger partial charge on any atom is -0.385 e. The molecule has 0 amide bonds. The van der Waals surface area contributed by atoms with E-state index < -0.39 is 0 Å². The molecular formula is C16H22N4. The Balaban J connectivity index is 1.64. The maximum Gasteiger partial charge on any atom is 0.0658 e. The average Bonchev–Trinajstić information content (AvgIpc) is 2.49. The Morgan fingerprint density at radius 1 is 0.700 bits per heavy atom. The van der Waals surface area contributed by atoms with Gasteiger partial charge in [-0.3, -0.25) is 0 Å². The molecule has 0 bridgehead atoms. The van der Waals surface area contributed by atoms with E-state index in [4.69, 9.17) is 0 Å². The van der Waals surface area contributed by atoms with Gasteiger partial charge in [0.05, 0.1) is 12.1 Å². The molecular weight excluding hydrogens is 248 g/mol. The van der Waals surface area contributed by atoms with Crippen LogP contribution in [0.15, 0.2) is 60.0 Å². The van der Waals surface area contributed by atoms with Gasteiger partial charge in [-0.05, 0) is 25.0 Å². The summed E-state index contributed by atoms with van der Waals surface area (Å²) in [5, 5.41) is 6.65. The van der Waals surface area contributed by atoms with Gasteiger partial charge in [0.25, 0.3) is 0 Å². The highest BCUT2D eigenvalue weighted by molar-refractivity contribution is 5.37. The maximum atomic E-state index is 3.36. The molecule has 4 heteroatoms. The predicted molar refractivity (Wildman–Crippen MR) is 82.6 cm³/mol. The maximum absolute atomic E-state index is 3.36. The van der Waals surface area contributed by atoms with E-state index in [9.17, 15) is 0 Å². The summed E-state index contributed by atoms with van der Waals surface area (Å²) in [6.45, 7) is 4.27. The van der Waals surface area contributed by atoms with Crippen molar-refractivity contribution in [2.24, 2.45) is 0 Å². The quantitative estimate of drug-likeness (QED) is 0.571. The van der Waals surface area contributed by atoms with E-state index in [-0.39, 0.29) is 12.1 Å². The lowest BCUT2D eigenvalue weighted by molar-refractivity contribution is 0.469. The standard InChI is InChI=1S/C16H22N4/c1-11-3-5-13(9-17-11)15-7-8-16(20-19-15)14-6-4-12(2)18-10-14/h3-12,15-20H,1-2H3. The zero-order valence-electron chi connectivity index (χ0n) is 11.9. The van der Waals surface area contributed by atoms with Crippen molar-refractivity contribution in [3.05, 3.63) is 60.0 Å². The normalized spacial score (nSPS) is 35.9. The van der Waals surface area contributed by atoms with Crippen LogP contribution in [0.1, 0.15) is 13.8 Å². The minimum atomic E-state index is 0.211. The number of hydrazine groups is 1. The fraction of sp³-hybridized carbons (Fsp3) is 0.375. The van der Waals surface area contributed by atoms with Crippen molar-refractivity contribution in [3.8, 4) is 0 Å². The average molecular weight is 270 g/mol. The number of rotatable bonds is 2. The van der Waals surface area contributed by atoms with Crippen molar-refractivity contribution in [1.29, 1.82) is 0 Å². The molecule has 0 aromatic carbocycles. The summed E-state index contributed by atoms with van der Waals surface area (Å²) < 4.78 is 0. The van der Waals surface area contributed by atoms with Gasteiger partial charge in [0.15, 0.2) is 0 Å². The lowest BCUT2D eigenvalue weighted by atomic mass is 9.98. The van der Waals surface area contributed by atoms with Gasteiger partial charge in [-0.2, -0.15) is 0 Å². The highest BCUT2D eigenvalue weighted by Crippen LogP contribution is 2.16. The van der Waals surface area contributed by atoms with Gasteiger partial charge in [0, 0.05) is 24.5 Å². The largest absolute Gasteiger partial charge is 0.385 e. The fourth-order valence-corrected chi connectivity index (χ4v) is 2.45. The molecule has 0 fully saturated rings. The molecule has 3 aliphatic rings. The molecule has 0 aromatic rings. The van der Waals surface area contributed by atoms with Crippen LogP contribution in [-0.4, -0.2) is 24.2 Å². The molecule has 4 N–H and O–H groups in total. The summed E-state index contributed by atoms with van der Waals surface area (Å²) in [4.78, 5) is 0. The second kappa shape index (κ2) is 5.69. The third-order valence-electron chi connectivity index (χ3n) is 3.79. The van der Waals surface area contributed by atoms with Crippen LogP contribution >= 0.6 is 0 Å². The van der Waals surface area contributed by atoms with Crippen LogP contribution in [-0.2, 0) is 0 Å². The van der Waals surface area contributed by atoms with Gasteiger partial charge >= 0.3 is 0 Å². The lowest BCUT2D eigenvalue weighted by Crippen LogP contribution is -2.50. The van der Waals surface area contributed by atoms with Crippen LogP contribution in [0.2, 0.25) is 0 Å². The monoisotopic (exact) mass is 270 g/mol. The Kier molecular flexibility index (Phi) is 3.76. The number of hydrogen-bond donors (Lipinski definition) is 4. The van der Waals surface area contributed by atoms with E-state index in [1.807, 2.05) is 0 Å². The summed E-state index contributed by atoms with van der Waals surface area (Å²) in [5.74, 6) is 0. The first-order valence-electron chi connectivity index (χ1n) is 7.20. The van der Waals surface area contributed by atoms with Crippen LogP contribution in [0.3, 0.4) is 0 Å². The molecule has 20 heavy (non-hydrogen) atoms. The lowest BCUT2D eigenvalue weighted by Gasteiger charge is -2.30. The van der Waals surface area contributed by atoms with Crippen LogP contribution < -0.4 is 21.5 Å². The van der Waals surface area contributed by atoms with E-state index in [1.165, 1.54) is 11.1 Å².